The molecule has 0 saturated carbocycles. The quantitative estimate of drug-likeness (QED) is 0.814. The summed E-state index contributed by atoms with van der Waals surface area (Å²) in [6.45, 7) is 0.318. The molecule has 19 heavy (non-hydrogen) atoms. The van der Waals surface area contributed by atoms with Crippen molar-refractivity contribution in [3.63, 3.8) is 0 Å². The normalized spacial score (nSPS) is 19.1. The molecule has 1 saturated heterocycles. The van der Waals surface area contributed by atoms with Gasteiger partial charge in [-0.15, -0.1) is 0 Å². The van der Waals surface area contributed by atoms with Gasteiger partial charge < -0.3 is 10.1 Å². The first-order chi connectivity index (χ1) is 9.02. The van der Waals surface area contributed by atoms with Gasteiger partial charge in [0.1, 0.15) is 0 Å². The van der Waals surface area contributed by atoms with Crippen molar-refractivity contribution in [1.82, 2.24) is 10.2 Å². The van der Waals surface area contributed by atoms with Crippen LogP contribution >= 0.6 is 0 Å². The lowest BCUT2D eigenvalue weighted by Crippen LogP contribution is -2.36. The topological polar surface area (TPSA) is 58.6 Å². The molecular formula is C13H15FN2O3. The van der Waals surface area contributed by atoms with Gasteiger partial charge >= 0.3 is 0 Å². The summed E-state index contributed by atoms with van der Waals surface area (Å²) >= 11 is 0. The maximum absolute atomic E-state index is 13.5. The average Bonchev–Trinajstić information content (AvgIpc) is 2.64. The number of likely N-dealkylation sites (tertiary alicyclic amines) is 1. The van der Waals surface area contributed by atoms with Gasteiger partial charge in [-0.2, -0.15) is 0 Å². The van der Waals surface area contributed by atoms with Gasteiger partial charge in [-0.05, 0) is 17.7 Å². The fourth-order valence-electron chi connectivity index (χ4n) is 1.98. The van der Waals surface area contributed by atoms with Crippen molar-refractivity contribution in [2.24, 2.45) is 0 Å². The fourth-order valence-corrected chi connectivity index (χ4v) is 1.98. The molecule has 0 aromatic heterocycles. The second kappa shape index (κ2) is 5.36. The molecule has 1 N–H and O–H groups in total. The lowest BCUT2D eigenvalue weighted by atomic mass is 10.2. The summed E-state index contributed by atoms with van der Waals surface area (Å²) in [5.74, 6) is -0.731. The summed E-state index contributed by atoms with van der Waals surface area (Å²) in [7, 11) is 2.86. The van der Waals surface area contributed by atoms with E-state index in [1.807, 2.05) is 0 Å². The van der Waals surface area contributed by atoms with Gasteiger partial charge in [-0.1, -0.05) is 6.07 Å². The molecule has 0 radical (unpaired) electrons. The molecule has 0 bridgehead atoms. The molecule has 1 aromatic rings. The number of hydrogen-bond acceptors (Lipinski definition) is 4. The molecule has 2 rings (SSSR count). The highest BCUT2D eigenvalue weighted by Gasteiger charge is 2.35. The Balaban J connectivity index is 1.98. The minimum absolute atomic E-state index is 0.147. The molecule has 1 fully saturated rings. The molecule has 0 aliphatic carbocycles. The second-order valence-corrected chi connectivity index (χ2v) is 4.40. The Labute approximate surface area is 110 Å². The molecule has 1 aromatic carbocycles. The number of nitrogens with one attached hydrogen (secondary N) is 1. The van der Waals surface area contributed by atoms with Gasteiger partial charge in [0.25, 0.3) is 0 Å². The van der Waals surface area contributed by atoms with E-state index in [1.54, 1.807) is 6.07 Å². The third-order valence-corrected chi connectivity index (χ3v) is 3.15. The summed E-state index contributed by atoms with van der Waals surface area (Å²) in [6.07, 6.45) is 0.147. The Kier molecular flexibility index (Phi) is 3.80. The van der Waals surface area contributed by atoms with Crippen molar-refractivity contribution in [2.45, 2.75) is 19.0 Å². The zero-order valence-corrected chi connectivity index (χ0v) is 10.8. The zero-order valence-electron chi connectivity index (χ0n) is 10.8. The summed E-state index contributed by atoms with van der Waals surface area (Å²) in [4.78, 5) is 24.1. The first-order valence-electron chi connectivity index (χ1n) is 5.89. The third-order valence-electron chi connectivity index (χ3n) is 3.15. The number of carbonyl (C=O) groups is 2. The van der Waals surface area contributed by atoms with E-state index in [0.29, 0.717) is 12.1 Å². The number of rotatable bonds is 4. The number of hydrogen-bond donors (Lipinski definition) is 1. The van der Waals surface area contributed by atoms with E-state index in [0.717, 1.165) is 4.90 Å². The van der Waals surface area contributed by atoms with Gasteiger partial charge in [0.15, 0.2) is 11.6 Å². The highest BCUT2D eigenvalue weighted by atomic mass is 19.1. The van der Waals surface area contributed by atoms with Crippen molar-refractivity contribution in [3.05, 3.63) is 29.6 Å². The Morgan fingerprint density at radius 3 is 2.74 bits per heavy atom. The largest absolute Gasteiger partial charge is 0.494 e. The van der Waals surface area contributed by atoms with Gasteiger partial charge in [-0.3, -0.25) is 14.5 Å². The number of likely N-dealkylation sites (N-methyl/N-ethyl adjacent to an activating group) is 1. The highest BCUT2D eigenvalue weighted by Crippen LogP contribution is 2.18. The molecule has 1 heterocycles. The summed E-state index contributed by atoms with van der Waals surface area (Å²) in [5.41, 5.74) is 0.688. The molecule has 1 aliphatic rings. The van der Waals surface area contributed by atoms with Crippen molar-refractivity contribution in [1.29, 1.82) is 0 Å². The standard InChI is InChI=1S/C13H15FN2O3/c1-16-12(17)6-10(13(16)18)15-7-8-3-4-11(19-2)9(14)5-8/h3-5,10,15H,6-7H2,1-2H3. The smallest absolute Gasteiger partial charge is 0.246 e. The van der Waals surface area contributed by atoms with Gasteiger partial charge in [-0.25, -0.2) is 4.39 Å². The molecule has 0 spiro atoms. The number of ether oxygens (including phenoxy) is 1. The highest BCUT2D eigenvalue weighted by molar-refractivity contribution is 6.05. The van der Waals surface area contributed by atoms with Crippen LogP contribution < -0.4 is 10.1 Å². The van der Waals surface area contributed by atoms with Crippen LogP contribution in [0.1, 0.15) is 12.0 Å². The van der Waals surface area contributed by atoms with E-state index in [1.165, 1.54) is 26.3 Å². The van der Waals surface area contributed by atoms with E-state index in [9.17, 15) is 14.0 Å². The molecule has 1 atom stereocenters. The van der Waals surface area contributed by atoms with Crippen LogP contribution in [0.5, 0.6) is 5.75 Å². The third kappa shape index (κ3) is 2.73. The first-order valence-corrected chi connectivity index (χ1v) is 5.89. The number of methoxy groups -OCH3 is 1. The molecule has 102 valence electrons. The molecule has 2 amide bonds. The van der Waals surface area contributed by atoms with Gasteiger partial charge in [0.2, 0.25) is 11.8 Å². The Morgan fingerprint density at radius 1 is 1.47 bits per heavy atom. The predicted octanol–water partition coefficient (Wildman–Crippen LogP) is 0.681. The SMILES string of the molecule is COc1ccc(CNC2CC(=O)N(C)C2=O)cc1F. The van der Waals surface area contributed by atoms with Crippen LogP contribution in [0, 0.1) is 5.82 Å². The molecule has 1 aliphatic heterocycles. The zero-order chi connectivity index (χ0) is 14.0. The average molecular weight is 266 g/mol. The number of halogens is 1. The number of nitrogens with zero attached hydrogens (tertiary/aromatic N) is 1. The fraction of sp³-hybridized carbons (Fsp3) is 0.385. The molecule has 1 unspecified atom stereocenters. The predicted molar refractivity (Wildman–Crippen MR) is 66.0 cm³/mol. The molecular weight excluding hydrogens is 251 g/mol. The van der Waals surface area contributed by atoms with E-state index >= 15 is 0 Å². The van der Waals surface area contributed by atoms with Crippen LogP contribution in [-0.4, -0.2) is 36.9 Å². The summed E-state index contributed by atoms with van der Waals surface area (Å²) in [6, 6.07) is 4.05. The van der Waals surface area contributed by atoms with E-state index in [4.69, 9.17) is 4.74 Å². The lowest BCUT2D eigenvalue weighted by Gasteiger charge is -2.11. The van der Waals surface area contributed by atoms with Crippen molar-refractivity contribution >= 4 is 11.8 Å². The van der Waals surface area contributed by atoms with Crippen LogP contribution in [0.25, 0.3) is 0 Å². The van der Waals surface area contributed by atoms with Crippen LogP contribution in [0.4, 0.5) is 4.39 Å². The number of amides is 2. The minimum atomic E-state index is -0.525. The van der Waals surface area contributed by atoms with E-state index < -0.39 is 11.9 Å². The number of imide groups is 1. The monoisotopic (exact) mass is 266 g/mol. The minimum Gasteiger partial charge on any atom is -0.494 e. The summed E-state index contributed by atoms with van der Waals surface area (Å²) < 4.78 is 18.3. The summed E-state index contributed by atoms with van der Waals surface area (Å²) in [5, 5.41) is 2.95. The van der Waals surface area contributed by atoms with E-state index in [-0.39, 0.29) is 24.0 Å². The first kappa shape index (κ1) is 13.5. The maximum atomic E-state index is 13.5. The Bertz CT molecular complexity index is 519. The molecule has 5 nitrogen and oxygen atoms in total. The van der Waals surface area contributed by atoms with Crippen LogP contribution in [0.3, 0.4) is 0 Å². The van der Waals surface area contributed by atoms with Crippen molar-refractivity contribution < 1.29 is 18.7 Å². The van der Waals surface area contributed by atoms with Crippen molar-refractivity contribution in [2.75, 3.05) is 14.2 Å². The van der Waals surface area contributed by atoms with Crippen LogP contribution in [0.15, 0.2) is 18.2 Å². The number of benzene rings is 1. The lowest BCUT2D eigenvalue weighted by molar-refractivity contribution is -0.137. The number of carbonyl (C=O) groups excluding carboxylic acids is 2. The van der Waals surface area contributed by atoms with E-state index in [2.05, 4.69) is 5.32 Å². The maximum Gasteiger partial charge on any atom is 0.246 e. The van der Waals surface area contributed by atoms with Crippen LogP contribution in [0.2, 0.25) is 0 Å². The van der Waals surface area contributed by atoms with Gasteiger partial charge in [0, 0.05) is 13.6 Å². The Morgan fingerprint density at radius 2 is 2.21 bits per heavy atom. The van der Waals surface area contributed by atoms with Gasteiger partial charge in [0.05, 0.1) is 19.6 Å². The molecule has 6 heteroatoms. The van der Waals surface area contributed by atoms with Crippen LogP contribution in [-0.2, 0) is 16.1 Å². The second-order valence-electron chi connectivity index (χ2n) is 4.40. The Hall–Kier alpha value is -1.95. The van der Waals surface area contributed by atoms with Crippen molar-refractivity contribution in [3.8, 4) is 5.75 Å².